The summed E-state index contributed by atoms with van der Waals surface area (Å²) in [6, 6.07) is 9.29. The number of rotatable bonds is 10. The molecule has 0 radical (unpaired) electrons. The standard InChI is InChI=1S/C15H24O3Si/c1-4-14-8-7-9-15(12-14)13-18-10-5-6-11-19(16-2)17-3/h4,7-9,12,19H,1,5-6,10-11,13H2,2-3H3. The highest BCUT2D eigenvalue weighted by atomic mass is 28.3. The van der Waals surface area contributed by atoms with Gasteiger partial charge in [0.05, 0.1) is 6.61 Å². The molecule has 0 atom stereocenters. The minimum absolute atomic E-state index is 0.664. The molecule has 0 spiro atoms. The van der Waals surface area contributed by atoms with E-state index < -0.39 is 9.28 Å². The van der Waals surface area contributed by atoms with Crippen molar-refractivity contribution in [3.63, 3.8) is 0 Å². The van der Waals surface area contributed by atoms with Gasteiger partial charge < -0.3 is 13.6 Å². The summed E-state index contributed by atoms with van der Waals surface area (Å²) in [7, 11) is 2.07. The lowest BCUT2D eigenvalue weighted by Gasteiger charge is -2.10. The van der Waals surface area contributed by atoms with Gasteiger partial charge in [-0.2, -0.15) is 0 Å². The van der Waals surface area contributed by atoms with E-state index in [4.69, 9.17) is 13.6 Å². The van der Waals surface area contributed by atoms with Crippen molar-refractivity contribution in [2.75, 3.05) is 20.8 Å². The van der Waals surface area contributed by atoms with Crippen LogP contribution in [0.1, 0.15) is 24.0 Å². The van der Waals surface area contributed by atoms with Gasteiger partial charge in [-0.25, -0.2) is 0 Å². The molecule has 0 aliphatic rings. The van der Waals surface area contributed by atoms with E-state index in [-0.39, 0.29) is 0 Å². The molecule has 19 heavy (non-hydrogen) atoms. The van der Waals surface area contributed by atoms with Crippen LogP contribution in [-0.4, -0.2) is 30.1 Å². The second kappa shape index (κ2) is 9.92. The van der Waals surface area contributed by atoms with Gasteiger partial charge in [0.2, 0.25) is 0 Å². The SMILES string of the molecule is C=Cc1cccc(COCCCC[SiH](OC)OC)c1. The van der Waals surface area contributed by atoms with Gasteiger partial charge in [0.25, 0.3) is 0 Å². The van der Waals surface area contributed by atoms with E-state index in [2.05, 4.69) is 18.7 Å². The maximum atomic E-state index is 5.67. The number of hydrogen-bond acceptors (Lipinski definition) is 3. The minimum atomic E-state index is -1.38. The molecule has 0 heterocycles. The lowest BCUT2D eigenvalue weighted by Crippen LogP contribution is -2.18. The summed E-state index contributed by atoms with van der Waals surface area (Å²) in [6.07, 6.45) is 4.01. The van der Waals surface area contributed by atoms with Crippen LogP contribution in [0.3, 0.4) is 0 Å². The molecule has 0 saturated heterocycles. The zero-order valence-corrected chi connectivity index (χ0v) is 13.1. The van der Waals surface area contributed by atoms with E-state index in [0.717, 1.165) is 31.1 Å². The van der Waals surface area contributed by atoms with Gasteiger partial charge in [-0.05, 0) is 36.1 Å². The first-order valence-electron chi connectivity index (χ1n) is 6.65. The molecule has 0 aromatic heterocycles. The van der Waals surface area contributed by atoms with Gasteiger partial charge in [-0.3, -0.25) is 0 Å². The third-order valence-corrected chi connectivity index (χ3v) is 4.89. The molecule has 3 nitrogen and oxygen atoms in total. The fraction of sp³-hybridized carbons (Fsp3) is 0.467. The van der Waals surface area contributed by atoms with Crippen LogP contribution >= 0.6 is 0 Å². The van der Waals surface area contributed by atoms with Crippen molar-refractivity contribution < 1.29 is 13.6 Å². The van der Waals surface area contributed by atoms with E-state index in [1.54, 1.807) is 14.2 Å². The highest BCUT2D eigenvalue weighted by molar-refractivity contribution is 6.44. The summed E-state index contributed by atoms with van der Waals surface area (Å²) in [4.78, 5) is 0. The normalized spacial score (nSPS) is 10.9. The molecule has 0 unspecified atom stereocenters. The monoisotopic (exact) mass is 280 g/mol. The van der Waals surface area contributed by atoms with Crippen LogP contribution in [0.5, 0.6) is 0 Å². The zero-order valence-electron chi connectivity index (χ0n) is 11.9. The molecule has 0 N–H and O–H groups in total. The first-order chi connectivity index (χ1) is 9.30. The van der Waals surface area contributed by atoms with E-state index in [9.17, 15) is 0 Å². The van der Waals surface area contributed by atoms with Crippen molar-refractivity contribution in [3.8, 4) is 0 Å². The maximum Gasteiger partial charge on any atom is 0.320 e. The number of hydrogen-bond donors (Lipinski definition) is 0. The van der Waals surface area contributed by atoms with Crippen LogP contribution in [0.15, 0.2) is 30.8 Å². The fourth-order valence-electron chi connectivity index (χ4n) is 1.85. The van der Waals surface area contributed by atoms with Crippen molar-refractivity contribution in [2.24, 2.45) is 0 Å². The minimum Gasteiger partial charge on any atom is -0.400 e. The largest absolute Gasteiger partial charge is 0.400 e. The first kappa shape index (κ1) is 16.1. The molecule has 0 aliphatic heterocycles. The molecule has 0 bridgehead atoms. The summed E-state index contributed by atoms with van der Waals surface area (Å²) in [5.41, 5.74) is 2.33. The van der Waals surface area contributed by atoms with Crippen molar-refractivity contribution in [1.29, 1.82) is 0 Å². The Labute approximate surface area is 118 Å². The number of unbranched alkanes of at least 4 members (excludes halogenated alkanes) is 1. The summed E-state index contributed by atoms with van der Waals surface area (Å²) in [5.74, 6) is 0. The smallest absolute Gasteiger partial charge is 0.320 e. The fourth-order valence-corrected chi connectivity index (χ4v) is 3.13. The molecule has 1 aromatic rings. The lowest BCUT2D eigenvalue weighted by molar-refractivity contribution is 0.117. The van der Waals surface area contributed by atoms with E-state index >= 15 is 0 Å². The zero-order chi connectivity index (χ0) is 13.9. The van der Waals surface area contributed by atoms with Gasteiger partial charge in [0.1, 0.15) is 0 Å². The van der Waals surface area contributed by atoms with Crippen LogP contribution < -0.4 is 0 Å². The predicted octanol–water partition coefficient (Wildman–Crippen LogP) is 3.14. The van der Waals surface area contributed by atoms with Crippen molar-refractivity contribution in [1.82, 2.24) is 0 Å². The first-order valence-corrected chi connectivity index (χ1v) is 8.40. The molecule has 0 amide bonds. The van der Waals surface area contributed by atoms with E-state index in [1.807, 2.05) is 18.2 Å². The van der Waals surface area contributed by atoms with Gasteiger partial charge in [0.15, 0.2) is 0 Å². The second-order valence-electron chi connectivity index (χ2n) is 4.40. The van der Waals surface area contributed by atoms with Crippen LogP contribution in [0.2, 0.25) is 6.04 Å². The molecule has 0 saturated carbocycles. The Bertz CT molecular complexity index is 364. The average molecular weight is 280 g/mol. The molecule has 1 aromatic carbocycles. The average Bonchev–Trinajstić information content (AvgIpc) is 2.47. The Balaban J connectivity index is 2.12. The molecule has 4 heteroatoms. The summed E-state index contributed by atoms with van der Waals surface area (Å²) >= 11 is 0. The van der Waals surface area contributed by atoms with Crippen LogP contribution in [-0.2, 0) is 20.2 Å². The van der Waals surface area contributed by atoms with Crippen LogP contribution in [0.25, 0.3) is 6.08 Å². The lowest BCUT2D eigenvalue weighted by atomic mass is 10.1. The van der Waals surface area contributed by atoms with Gasteiger partial charge in [-0.1, -0.05) is 30.9 Å². The second-order valence-corrected chi connectivity index (χ2v) is 6.78. The Hall–Kier alpha value is -0.943. The third-order valence-electron chi connectivity index (χ3n) is 2.96. The van der Waals surface area contributed by atoms with Crippen molar-refractivity contribution in [2.45, 2.75) is 25.5 Å². The number of benzene rings is 1. The number of ether oxygens (including phenoxy) is 1. The molecular weight excluding hydrogens is 256 g/mol. The predicted molar refractivity (Wildman–Crippen MR) is 81.4 cm³/mol. The van der Waals surface area contributed by atoms with Gasteiger partial charge in [0, 0.05) is 20.8 Å². The van der Waals surface area contributed by atoms with Crippen LogP contribution in [0, 0.1) is 0 Å². The summed E-state index contributed by atoms with van der Waals surface area (Å²) < 4.78 is 16.2. The Morgan fingerprint density at radius 1 is 1.21 bits per heavy atom. The Morgan fingerprint density at radius 2 is 2.00 bits per heavy atom. The Kier molecular flexibility index (Phi) is 8.41. The molecule has 106 valence electrons. The molecule has 0 aliphatic carbocycles. The van der Waals surface area contributed by atoms with Crippen molar-refractivity contribution >= 4 is 15.4 Å². The molecular formula is C15H24O3Si. The van der Waals surface area contributed by atoms with Gasteiger partial charge >= 0.3 is 9.28 Å². The molecule has 1 rings (SSSR count). The third kappa shape index (κ3) is 6.68. The Morgan fingerprint density at radius 3 is 2.68 bits per heavy atom. The van der Waals surface area contributed by atoms with Crippen LogP contribution in [0.4, 0.5) is 0 Å². The summed E-state index contributed by atoms with van der Waals surface area (Å²) in [5, 5.41) is 0. The summed E-state index contributed by atoms with van der Waals surface area (Å²) in [6.45, 7) is 5.21. The van der Waals surface area contributed by atoms with E-state index in [0.29, 0.717) is 6.61 Å². The quantitative estimate of drug-likeness (QED) is 0.487. The highest BCUT2D eigenvalue weighted by Crippen LogP contribution is 2.09. The van der Waals surface area contributed by atoms with Crippen molar-refractivity contribution in [3.05, 3.63) is 42.0 Å². The van der Waals surface area contributed by atoms with E-state index in [1.165, 1.54) is 5.56 Å². The van der Waals surface area contributed by atoms with Gasteiger partial charge in [-0.15, -0.1) is 0 Å². The maximum absolute atomic E-state index is 5.67. The topological polar surface area (TPSA) is 27.7 Å². The molecule has 0 fully saturated rings. The highest BCUT2D eigenvalue weighted by Gasteiger charge is 2.07.